The van der Waals surface area contributed by atoms with Gasteiger partial charge in [-0.05, 0) is 0 Å². The number of nitrogens with one attached hydrogen (secondary N) is 2. The van der Waals surface area contributed by atoms with Crippen LogP contribution < -0.4 is 10.9 Å². The number of aromatic nitrogens is 2. The minimum atomic E-state index is -1.37. The lowest BCUT2D eigenvalue weighted by Gasteiger charge is -2.02. The number of carboxylic acid groups (broad SMARTS) is 2. The smallest absolute Gasteiger partial charge is 0.354 e. The molecule has 0 saturated carbocycles. The second-order valence-electron chi connectivity index (χ2n) is 4.88. The van der Waals surface area contributed by atoms with Crippen molar-refractivity contribution >= 4 is 36.3 Å². The Morgan fingerprint density at radius 3 is 1.24 bits per heavy atom. The van der Waals surface area contributed by atoms with E-state index in [2.05, 4.69) is 19.4 Å². The highest BCUT2D eigenvalue weighted by atomic mass is 35.5. The van der Waals surface area contributed by atoms with E-state index in [1.54, 1.807) is 0 Å². The molecule has 4 N–H and O–H groups in total. The Bertz CT molecular complexity index is 968. The molecule has 2 heterocycles. The van der Waals surface area contributed by atoms with E-state index in [-0.39, 0.29) is 23.8 Å². The summed E-state index contributed by atoms with van der Waals surface area (Å²) in [6, 6.07) is 3.71. The molecule has 0 aliphatic carbocycles. The van der Waals surface area contributed by atoms with E-state index < -0.39 is 46.1 Å². The van der Waals surface area contributed by atoms with Crippen molar-refractivity contribution in [1.82, 2.24) is 9.97 Å². The lowest BCUT2D eigenvalue weighted by atomic mass is 10.3. The Morgan fingerprint density at radius 1 is 0.690 bits per heavy atom. The number of carbonyl (C=O) groups is 4. The second kappa shape index (κ2) is 11.0. The maximum Gasteiger partial charge on any atom is 0.354 e. The molecule has 156 valence electrons. The van der Waals surface area contributed by atoms with Crippen molar-refractivity contribution in [2.45, 2.75) is 0 Å². The number of hydrogen-bond acceptors (Lipinski definition) is 8. The highest BCUT2D eigenvalue weighted by molar-refractivity contribution is 5.91. The zero-order chi connectivity index (χ0) is 21.4. The number of pyridine rings is 2. The first-order valence-corrected chi connectivity index (χ1v) is 7.21. The molecule has 0 amide bonds. The average Bonchev–Trinajstić information content (AvgIpc) is 2.66. The van der Waals surface area contributed by atoms with Crippen LogP contribution in [-0.2, 0) is 9.47 Å². The molecule has 2 aromatic rings. The number of aromatic carboxylic acids is 2. The zero-order valence-corrected chi connectivity index (χ0v) is 15.7. The zero-order valence-electron chi connectivity index (χ0n) is 14.9. The third kappa shape index (κ3) is 7.30. The van der Waals surface area contributed by atoms with Gasteiger partial charge in [-0.15, -0.1) is 12.4 Å². The Kier molecular flexibility index (Phi) is 9.54. The molecule has 12 nitrogen and oxygen atoms in total. The summed E-state index contributed by atoms with van der Waals surface area (Å²) in [5, 5.41) is 16.9. The van der Waals surface area contributed by atoms with Crippen molar-refractivity contribution < 1.29 is 38.9 Å². The summed E-state index contributed by atoms with van der Waals surface area (Å²) in [6.07, 6.45) is 0. The topological polar surface area (TPSA) is 193 Å². The molecule has 0 fully saturated rings. The van der Waals surface area contributed by atoms with Crippen LogP contribution in [0.25, 0.3) is 0 Å². The van der Waals surface area contributed by atoms with Gasteiger partial charge in [0.25, 0.3) is 0 Å². The van der Waals surface area contributed by atoms with Gasteiger partial charge in [0.15, 0.2) is 10.9 Å². The van der Waals surface area contributed by atoms with Crippen LogP contribution in [0.1, 0.15) is 42.0 Å². The van der Waals surface area contributed by atoms with Crippen LogP contribution in [0.5, 0.6) is 0 Å². The first-order chi connectivity index (χ1) is 13.1. The van der Waals surface area contributed by atoms with Crippen molar-refractivity contribution in [2.75, 3.05) is 14.2 Å². The highest BCUT2D eigenvalue weighted by Gasteiger charge is 2.13. The SMILES string of the molecule is COC(=O)c1cc(=O)cc(C(=O)OC)[nH]1.Cl.O=C(O)c1cc(=O)cc(C(=O)O)[nH]1. The Morgan fingerprint density at radius 2 is 0.966 bits per heavy atom. The molecule has 0 unspecified atom stereocenters. The Labute approximate surface area is 167 Å². The van der Waals surface area contributed by atoms with Crippen molar-refractivity contribution in [3.8, 4) is 0 Å². The Hall–Kier alpha value is -3.93. The van der Waals surface area contributed by atoms with Crippen LogP contribution in [0.4, 0.5) is 0 Å². The number of aromatic amines is 2. The Balaban J connectivity index is 0.000000527. The van der Waals surface area contributed by atoms with Gasteiger partial charge in [-0.25, -0.2) is 19.2 Å². The van der Waals surface area contributed by atoms with Crippen LogP contribution in [0.2, 0.25) is 0 Å². The number of rotatable bonds is 4. The molecule has 0 spiro atoms. The first kappa shape index (κ1) is 25.1. The van der Waals surface area contributed by atoms with Crippen LogP contribution in [0.3, 0.4) is 0 Å². The van der Waals surface area contributed by atoms with Crippen LogP contribution in [0.15, 0.2) is 33.9 Å². The van der Waals surface area contributed by atoms with Gasteiger partial charge in [-0.3, -0.25) is 9.59 Å². The molecule has 0 aliphatic rings. The molecule has 0 saturated heterocycles. The van der Waals surface area contributed by atoms with Gasteiger partial charge in [0.05, 0.1) is 14.2 Å². The summed E-state index contributed by atoms with van der Waals surface area (Å²) in [7, 11) is 2.34. The maximum atomic E-state index is 11.1. The quantitative estimate of drug-likeness (QED) is 0.484. The normalized spacial score (nSPS) is 9.17. The van der Waals surface area contributed by atoms with E-state index in [9.17, 15) is 28.8 Å². The molecular formula is C16H15ClN2O10. The number of esters is 2. The van der Waals surface area contributed by atoms with Crippen molar-refractivity contribution in [3.63, 3.8) is 0 Å². The monoisotopic (exact) mass is 430 g/mol. The summed E-state index contributed by atoms with van der Waals surface area (Å²) in [5.74, 6) is -4.20. The minimum absolute atomic E-state index is 0. The fraction of sp³-hybridized carbons (Fsp3) is 0.125. The van der Waals surface area contributed by atoms with Gasteiger partial charge in [0.1, 0.15) is 22.8 Å². The van der Waals surface area contributed by atoms with Gasteiger partial charge in [-0.2, -0.15) is 0 Å². The number of ether oxygens (including phenoxy) is 2. The molecule has 2 aromatic heterocycles. The fourth-order valence-corrected chi connectivity index (χ4v) is 1.76. The van der Waals surface area contributed by atoms with Gasteiger partial charge in [0, 0.05) is 24.3 Å². The molecular weight excluding hydrogens is 416 g/mol. The molecule has 0 bridgehead atoms. The average molecular weight is 431 g/mol. The van der Waals surface area contributed by atoms with Gasteiger partial charge < -0.3 is 29.7 Å². The van der Waals surface area contributed by atoms with E-state index in [1.807, 2.05) is 0 Å². The molecule has 0 atom stereocenters. The van der Waals surface area contributed by atoms with E-state index >= 15 is 0 Å². The van der Waals surface area contributed by atoms with E-state index in [1.165, 1.54) is 14.2 Å². The van der Waals surface area contributed by atoms with Crippen LogP contribution in [0, 0.1) is 0 Å². The standard InChI is InChI=1S/C9H9NO5.C7H5NO5.ClH/c1-14-8(12)6-3-5(11)4-7(10-6)9(13)15-2;9-3-1-4(6(10)11)8-5(2-3)7(12)13;/h3-4H,1-2H3,(H,10,11);1-2H,(H,8,9)(H,10,11)(H,12,13);1H. The number of methoxy groups -OCH3 is 2. The number of carboxylic acids is 2. The van der Waals surface area contributed by atoms with E-state index in [4.69, 9.17) is 10.2 Å². The van der Waals surface area contributed by atoms with Crippen molar-refractivity contribution in [3.05, 3.63) is 67.5 Å². The summed E-state index contributed by atoms with van der Waals surface area (Å²) in [4.78, 5) is 69.3. The highest BCUT2D eigenvalue weighted by Crippen LogP contribution is 1.99. The van der Waals surface area contributed by atoms with Gasteiger partial charge >= 0.3 is 23.9 Å². The molecule has 0 aliphatic heterocycles. The molecule has 13 heteroatoms. The molecule has 2 rings (SSSR count). The van der Waals surface area contributed by atoms with E-state index in [0.717, 1.165) is 24.3 Å². The summed E-state index contributed by atoms with van der Waals surface area (Å²) >= 11 is 0. The summed E-state index contributed by atoms with van der Waals surface area (Å²) < 4.78 is 8.80. The summed E-state index contributed by atoms with van der Waals surface area (Å²) in [5.41, 5.74) is -2.20. The third-order valence-corrected chi connectivity index (χ3v) is 2.96. The van der Waals surface area contributed by atoms with Gasteiger partial charge in [-0.1, -0.05) is 0 Å². The van der Waals surface area contributed by atoms with Crippen LogP contribution in [-0.4, -0.2) is 58.3 Å². The molecule has 0 radical (unpaired) electrons. The largest absolute Gasteiger partial charge is 0.477 e. The first-order valence-electron chi connectivity index (χ1n) is 7.21. The minimum Gasteiger partial charge on any atom is -0.477 e. The van der Waals surface area contributed by atoms with Crippen molar-refractivity contribution in [2.24, 2.45) is 0 Å². The number of H-pyrrole nitrogens is 2. The second-order valence-corrected chi connectivity index (χ2v) is 4.88. The van der Waals surface area contributed by atoms with E-state index in [0.29, 0.717) is 0 Å². The predicted octanol–water partition coefficient (Wildman–Crippen LogP) is 0.141. The van der Waals surface area contributed by atoms with Gasteiger partial charge in [0.2, 0.25) is 0 Å². The van der Waals surface area contributed by atoms with Crippen LogP contribution >= 0.6 is 12.4 Å². The number of carbonyl (C=O) groups excluding carboxylic acids is 2. The molecule has 0 aromatic carbocycles. The van der Waals surface area contributed by atoms with Crippen molar-refractivity contribution in [1.29, 1.82) is 0 Å². The number of halogens is 1. The predicted molar refractivity (Wildman–Crippen MR) is 98.0 cm³/mol. The fourth-order valence-electron chi connectivity index (χ4n) is 1.76. The third-order valence-electron chi connectivity index (χ3n) is 2.96. The summed E-state index contributed by atoms with van der Waals surface area (Å²) in [6.45, 7) is 0. The lowest BCUT2D eigenvalue weighted by Crippen LogP contribution is -2.16. The molecule has 29 heavy (non-hydrogen) atoms. The number of hydrogen-bond donors (Lipinski definition) is 4. The lowest BCUT2D eigenvalue weighted by molar-refractivity contribution is 0.0582. The maximum absolute atomic E-state index is 11.1.